The first-order chi connectivity index (χ1) is 13.8. The summed E-state index contributed by atoms with van der Waals surface area (Å²) in [7, 11) is 0. The van der Waals surface area contributed by atoms with Gasteiger partial charge in [-0.1, -0.05) is 115 Å². The third kappa shape index (κ3) is 3.88. The maximum absolute atomic E-state index is 7.34. The SMILES string of the molecule is ClC(c1ccccc1)(c1ccccc1)c1ccc(CCc2ccccc2)cc1. The van der Waals surface area contributed by atoms with Crippen LogP contribution in [0.5, 0.6) is 0 Å². The number of hydrogen-bond donors (Lipinski definition) is 0. The van der Waals surface area contributed by atoms with E-state index in [1.807, 2.05) is 36.4 Å². The normalized spacial score (nSPS) is 11.3. The van der Waals surface area contributed by atoms with Crippen LogP contribution in [0.25, 0.3) is 0 Å². The molecule has 0 heterocycles. The predicted octanol–water partition coefficient (Wildman–Crippen LogP) is 7.00. The third-order valence-electron chi connectivity index (χ3n) is 5.24. The molecule has 1 heteroatoms. The second kappa shape index (κ2) is 8.46. The molecule has 4 aromatic carbocycles. The van der Waals surface area contributed by atoms with E-state index in [1.165, 1.54) is 11.1 Å². The van der Waals surface area contributed by atoms with Crippen molar-refractivity contribution in [2.24, 2.45) is 0 Å². The Morgan fingerprint density at radius 2 is 0.786 bits per heavy atom. The van der Waals surface area contributed by atoms with Gasteiger partial charge in [-0.2, -0.15) is 0 Å². The van der Waals surface area contributed by atoms with Gasteiger partial charge in [0.1, 0.15) is 4.87 Å². The van der Waals surface area contributed by atoms with Crippen LogP contribution < -0.4 is 0 Å². The van der Waals surface area contributed by atoms with Crippen molar-refractivity contribution in [1.29, 1.82) is 0 Å². The number of alkyl halides is 1. The van der Waals surface area contributed by atoms with Gasteiger partial charge >= 0.3 is 0 Å². The quantitative estimate of drug-likeness (QED) is 0.248. The van der Waals surface area contributed by atoms with Crippen LogP contribution in [0, 0.1) is 0 Å². The van der Waals surface area contributed by atoms with Crippen molar-refractivity contribution in [3.63, 3.8) is 0 Å². The van der Waals surface area contributed by atoms with Gasteiger partial charge in [0.25, 0.3) is 0 Å². The lowest BCUT2D eigenvalue weighted by Crippen LogP contribution is -2.22. The summed E-state index contributed by atoms with van der Waals surface area (Å²) in [6.45, 7) is 0. The Hall–Kier alpha value is -2.83. The van der Waals surface area contributed by atoms with Crippen LogP contribution in [0.1, 0.15) is 27.8 Å². The van der Waals surface area contributed by atoms with E-state index < -0.39 is 4.87 Å². The fourth-order valence-electron chi connectivity index (χ4n) is 3.67. The molecular formula is C27H23Cl. The van der Waals surface area contributed by atoms with Crippen LogP contribution in [0.15, 0.2) is 115 Å². The van der Waals surface area contributed by atoms with Gasteiger partial charge in [0.15, 0.2) is 0 Å². The number of halogens is 1. The van der Waals surface area contributed by atoms with Crippen molar-refractivity contribution in [3.8, 4) is 0 Å². The lowest BCUT2D eigenvalue weighted by Gasteiger charge is -2.29. The van der Waals surface area contributed by atoms with Gasteiger partial charge < -0.3 is 0 Å². The van der Waals surface area contributed by atoms with E-state index in [4.69, 9.17) is 11.6 Å². The molecule has 0 spiro atoms. The zero-order chi connectivity index (χ0) is 19.2. The van der Waals surface area contributed by atoms with Gasteiger partial charge in [-0.15, -0.1) is 11.6 Å². The molecule has 138 valence electrons. The second-order valence-corrected chi connectivity index (χ2v) is 7.64. The Morgan fingerprint density at radius 1 is 0.429 bits per heavy atom. The largest absolute Gasteiger partial charge is 0.119 e. The molecule has 0 amide bonds. The number of aryl methyl sites for hydroxylation is 2. The molecular weight excluding hydrogens is 360 g/mol. The molecule has 0 atom stereocenters. The molecule has 28 heavy (non-hydrogen) atoms. The summed E-state index contributed by atoms with van der Waals surface area (Å²) in [5.74, 6) is 0. The Labute approximate surface area is 172 Å². The summed E-state index contributed by atoms with van der Waals surface area (Å²) in [5.41, 5.74) is 5.95. The molecule has 0 saturated carbocycles. The van der Waals surface area contributed by atoms with E-state index in [-0.39, 0.29) is 0 Å². The van der Waals surface area contributed by atoms with Crippen molar-refractivity contribution in [3.05, 3.63) is 143 Å². The molecule has 0 fully saturated rings. The minimum Gasteiger partial charge on any atom is -0.104 e. The van der Waals surface area contributed by atoms with Crippen molar-refractivity contribution in [2.75, 3.05) is 0 Å². The summed E-state index contributed by atoms with van der Waals surface area (Å²) in [6, 6.07) is 40.0. The molecule has 0 aliphatic rings. The molecule has 0 unspecified atom stereocenters. The van der Waals surface area contributed by atoms with Gasteiger partial charge in [0.05, 0.1) is 0 Å². The van der Waals surface area contributed by atoms with E-state index in [1.54, 1.807) is 0 Å². The van der Waals surface area contributed by atoms with Crippen molar-refractivity contribution < 1.29 is 0 Å². The highest BCUT2D eigenvalue weighted by Gasteiger charge is 2.33. The number of hydrogen-bond acceptors (Lipinski definition) is 0. The Balaban J connectivity index is 1.64. The first-order valence-electron chi connectivity index (χ1n) is 9.70. The maximum atomic E-state index is 7.34. The Bertz CT molecular complexity index is 951. The number of benzene rings is 4. The topological polar surface area (TPSA) is 0 Å². The summed E-state index contributed by atoms with van der Waals surface area (Å²) in [4.78, 5) is -0.694. The highest BCUT2D eigenvalue weighted by atomic mass is 35.5. The Morgan fingerprint density at radius 3 is 1.25 bits per heavy atom. The Kier molecular flexibility index (Phi) is 5.60. The highest BCUT2D eigenvalue weighted by Crippen LogP contribution is 2.42. The lowest BCUT2D eigenvalue weighted by atomic mass is 9.83. The highest BCUT2D eigenvalue weighted by molar-refractivity contribution is 6.28. The van der Waals surface area contributed by atoms with Crippen LogP contribution in [-0.4, -0.2) is 0 Å². The van der Waals surface area contributed by atoms with Gasteiger partial charge in [0.2, 0.25) is 0 Å². The third-order valence-corrected chi connectivity index (χ3v) is 5.89. The molecule has 0 nitrogen and oxygen atoms in total. The lowest BCUT2D eigenvalue weighted by molar-refractivity contribution is 0.874. The van der Waals surface area contributed by atoms with Gasteiger partial charge in [0, 0.05) is 0 Å². The van der Waals surface area contributed by atoms with Crippen molar-refractivity contribution >= 4 is 11.6 Å². The predicted molar refractivity (Wildman–Crippen MR) is 119 cm³/mol. The molecule has 0 N–H and O–H groups in total. The van der Waals surface area contributed by atoms with E-state index >= 15 is 0 Å². The molecule has 0 aliphatic heterocycles. The molecule has 0 bridgehead atoms. The molecule has 0 saturated heterocycles. The molecule has 4 rings (SSSR count). The number of rotatable bonds is 6. The first kappa shape index (κ1) is 18.5. The summed E-state index contributed by atoms with van der Waals surface area (Å²) in [6.07, 6.45) is 2.07. The second-order valence-electron chi connectivity index (χ2n) is 7.07. The monoisotopic (exact) mass is 382 g/mol. The van der Waals surface area contributed by atoms with E-state index in [0.717, 1.165) is 29.5 Å². The van der Waals surface area contributed by atoms with E-state index in [9.17, 15) is 0 Å². The van der Waals surface area contributed by atoms with Crippen molar-refractivity contribution in [2.45, 2.75) is 17.7 Å². The fourth-order valence-corrected chi connectivity index (χ4v) is 4.05. The minimum atomic E-state index is -0.694. The fraction of sp³-hybridized carbons (Fsp3) is 0.111. The van der Waals surface area contributed by atoms with Crippen LogP contribution in [-0.2, 0) is 17.7 Å². The van der Waals surface area contributed by atoms with Crippen LogP contribution in [0.3, 0.4) is 0 Å². The maximum Gasteiger partial charge on any atom is 0.119 e. The molecule has 0 aliphatic carbocycles. The minimum absolute atomic E-state index is 0.694. The summed E-state index contributed by atoms with van der Waals surface area (Å²) >= 11 is 7.34. The summed E-state index contributed by atoms with van der Waals surface area (Å²) in [5, 5.41) is 0. The zero-order valence-electron chi connectivity index (χ0n) is 15.8. The molecule has 0 radical (unpaired) electrons. The van der Waals surface area contributed by atoms with E-state index in [0.29, 0.717) is 0 Å². The van der Waals surface area contributed by atoms with Gasteiger partial charge in [-0.3, -0.25) is 0 Å². The average Bonchev–Trinajstić information content (AvgIpc) is 2.79. The molecule has 4 aromatic rings. The average molecular weight is 383 g/mol. The van der Waals surface area contributed by atoms with Crippen LogP contribution in [0.4, 0.5) is 0 Å². The molecule has 0 aromatic heterocycles. The first-order valence-corrected chi connectivity index (χ1v) is 10.1. The van der Waals surface area contributed by atoms with Gasteiger partial charge in [-0.25, -0.2) is 0 Å². The van der Waals surface area contributed by atoms with Crippen LogP contribution >= 0.6 is 11.6 Å². The smallest absolute Gasteiger partial charge is 0.104 e. The van der Waals surface area contributed by atoms with Crippen LogP contribution in [0.2, 0.25) is 0 Å². The van der Waals surface area contributed by atoms with Crippen molar-refractivity contribution in [1.82, 2.24) is 0 Å². The summed E-state index contributed by atoms with van der Waals surface area (Å²) < 4.78 is 0. The standard InChI is InChI=1S/C27H23Cl/c28-27(24-12-6-2-7-13-24,25-14-8-3-9-15-25)26-20-18-23(19-21-26)17-16-22-10-4-1-5-11-22/h1-15,18-21H,16-17H2. The zero-order valence-corrected chi connectivity index (χ0v) is 16.5. The van der Waals surface area contributed by atoms with Gasteiger partial charge in [-0.05, 0) is 40.7 Å². The van der Waals surface area contributed by atoms with E-state index in [2.05, 4.69) is 78.9 Å².